The average molecular weight is 315 g/mol. The molecule has 21 heavy (non-hydrogen) atoms. The van der Waals surface area contributed by atoms with Crippen LogP contribution in [0.25, 0.3) is 0 Å². The summed E-state index contributed by atoms with van der Waals surface area (Å²) in [7, 11) is 3.96. The molecule has 3 fully saturated rings. The Balaban J connectivity index is 1.75. The summed E-state index contributed by atoms with van der Waals surface area (Å²) in [6.45, 7) is 2.53. The van der Waals surface area contributed by atoms with E-state index >= 15 is 0 Å². The van der Waals surface area contributed by atoms with E-state index < -0.39 is 0 Å². The van der Waals surface area contributed by atoms with Gasteiger partial charge in [-0.3, -0.25) is 0 Å². The molecule has 0 aromatic heterocycles. The molecule has 3 saturated heterocycles. The van der Waals surface area contributed by atoms with E-state index in [1.54, 1.807) is 0 Å². The third-order valence-electron chi connectivity index (χ3n) is 5.69. The number of nitrogens with one attached hydrogen (secondary N) is 1. The molecule has 0 aromatic carbocycles. The van der Waals surface area contributed by atoms with Crippen molar-refractivity contribution in [3.8, 4) is 0 Å². The van der Waals surface area contributed by atoms with Crippen LogP contribution in [0, 0.1) is 5.92 Å². The summed E-state index contributed by atoms with van der Waals surface area (Å²) in [5.74, 6) is 3.06. The largest absolute Gasteiger partial charge is 0.381 e. The molecule has 0 saturated carbocycles. The number of hydrogen-bond acceptors (Lipinski definition) is 5. The Hall–Kier alpha value is 0.190. The topological polar surface area (TPSA) is 39.7 Å². The first-order valence-electron chi connectivity index (χ1n) is 8.25. The maximum absolute atomic E-state index is 6.19. The lowest BCUT2D eigenvalue weighted by molar-refractivity contribution is -0.144. The number of rotatable bonds is 4. The number of methoxy groups -OCH3 is 1. The highest BCUT2D eigenvalue weighted by atomic mass is 32.2. The zero-order chi connectivity index (χ0) is 14.8. The first-order valence-corrected chi connectivity index (χ1v) is 9.41. The van der Waals surface area contributed by atoms with Crippen LogP contribution < -0.4 is 5.32 Å². The summed E-state index contributed by atoms with van der Waals surface area (Å²) < 4.78 is 17.8. The van der Waals surface area contributed by atoms with Gasteiger partial charge in [0.1, 0.15) is 0 Å². The summed E-state index contributed by atoms with van der Waals surface area (Å²) in [5.41, 5.74) is 0.0741. The summed E-state index contributed by atoms with van der Waals surface area (Å²) in [5, 5.41) is 3.60. The van der Waals surface area contributed by atoms with Crippen LogP contribution in [0.3, 0.4) is 0 Å². The highest BCUT2D eigenvalue weighted by molar-refractivity contribution is 7.99. The lowest BCUT2D eigenvalue weighted by atomic mass is 9.72. The third-order valence-corrected chi connectivity index (χ3v) is 6.92. The second-order valence-corrected chi connectivity index (χ2v) is 7.84. The van der Waals surface area contributed by atoms with Gasteiger partial charge >= 0.3 is 0 Å². The van der Waals surface area contributed by atoms with Crippen molar-refractivity contribution < 1.29 is 14.2 Å². The van der Waals surface area contributed by atoms with Crippen LogP contribution in [-0.4, -0.2) is 62.7 Å². The van der Waals surface area contributed by atoms with Gasteiger partial charge < -0.3 is 19.5 Å². The fourth-order valence-electron chi connectivity index (χ4n) is 4.50. The standard InChI is InChI=1S/C16H29NO3S/c1-17-14(16(18-2)4-8-19-9-5-16)13-3-7-20-15(11-13)6-10-21-12-15/h13-14,17H,3-12H2,1-2H3. The summed E-state index contributed by atoms with van der Waals surface area (Å²) in [6.07, 6.45) is 5.53. The lowest BCUT2D eigenvalue weighted by Gasteiger charge is -2.49. The van der Waals surface area contributed by atoms with E-state index in [2.05, 4.69) is 12.4 Å². The van der Waals surface area contributed by atoms with E-state index in [4.69, 9.17) is 14.2 Å². The maximum Gasteiger partial charge on any atom is 0.0877 e. The van der Waals surface area contributed by atoms with Crippen molar-refractivity contribution in [1.82, 2.24) is 5.32 Å². The van der Waals surface area contributed by atoms with Crippen LogP contribution in [-0.2, 0) is 14.2 Å². The van der Waals surface area contributed by atoms with E-state index in [0.717, 1.165) is 39.1 Å². The predicted molar refractivity (Wildman–Crippen MR) is 86.0 cm³/mol. The number of ether oxygens (including phenoxy) is 3. The lowest BCUT2D eigenvalue weighted by Crippen LogP contribution is -2.59. The summed E-state index contributed by atoms with van der Waals surface area (Å²) in [4.78, 5) is 0. The molecular weight excluding hydrogens is 286 g/mol. The monoisotopic (exact) mass is 315 g/mol. The molecule has 0 bridgehead atoms. The Kier molecular flexibility index (Phi) is 5.16. The van der Waals surface area contributed by atoms with Crippen LogP contribution in [0.2, 0.25) is 0 Å². The summed E-state index contributed by atoms with van der Waals surface area (Å²) in [6, 6.07) is 0.401. The predicted octanol–water partition coefficient (Wildman–Crippen LogP) is 2.07. The van der Waals surface area contributed by atoms with Gasteiger partial charge in [0, 0.05) is 51.6 Å². The van der Waals surface area contributed by atoms with Gasteiger partial charge in [-0.15, -0.1) is 0 Å². The fraction of sp³-hybridized carbons (Fsp3) is 1.00. The zero-order valence-corrected chi connectivity index (χ0v) is 14.2. The van der Waals surface area contributed by atoms with Gasteiger partial charge in [-0.1, -0.05) is 0 Å². The van der Waals surface area contributed by atoms with Crippen LogP contribution >= 0.6 is 11.8 Å². The van der Waals surface area contributed by atoms with E-state index in [0.29, 0.717) is 12.0 Å². The van der Waals surface area contributed by atoms with Crippen molar-refractivity contribution >= 4 is 11.8 Å². The Labute approximate surface area is 132 Å². The minimum Gasteiger partial charge on any atom is -0.381 e. The van der Waals surface area contributed by atoms with Crippen LogP contribution in [0.1, 0.15) is 32.1 Å². The number of thioether (sulfide) groups is 1. The van der Waals surface area contributed by atoms with Gasteiger partial charge in [0.15, 0.2) is 0 Å². The van der Waals surface area contributed by atoms with Gasteiger partial charge in [0.2, 0.25) is 0 Å². The summed E-state index contributed by atoms with van der Waals surface area (Å²) >= 11 is 2.04. The van der Waals surface area contributed by atoms with Crippen molar-refractivity contribution in [1.29, 1.82) is 0 Å². The van der Waals surface area contributed by atoms with Crippen molar-refractivity contribution in [2.24, 2.45) is 5.92 Å². The quantitative estimate of drug-likeness (QED) is 0.860. The van der Waals surface area contributed by atoms with Crippen molar-refractivity contribution in [3.63, 3.8) is 0 Å². The van der Waals surface area contributed by atoms with Gasteiger partial charge in [0.05, 0.1) is 11.2 Å². The molecule has 3 aliphatic heterocycles. The van der Waals surface area contributed by atoms with E-state index in [1.165, 1.54) is 24.3 Å². The van der Waals surface area contributed by atoms with E-state index in [9.17, 15) is 0 Å². The molecule has 4 nitrogen and oxygen atoms in total. The average Bonchev–Trinajstić information content (AvgIpc) is 2.97. The Morgan fingerprint density at radius 1 is 1.24 bits per heavy atom. The second kappa shape index (κ2) is 6.75. The Bertz CT molecular complexity index is 340. The molecule has 5 heteroatoms. The van der Waals surface area contributed by atoms with Gasteiger partial charge in [-0.25, -0.2) is 0 Å². The normalized spacial score (nSPS) is 37.7. The first-order chi connectivity index (χ1) is 10.2. The Morgan fingerprint density at radius 2 is 2.05 bits per heavy atom. The van der Waals surface area contributed by atoms with Crippen LogP contribution in [0.15, 0.2) is 0 Å². The van der Waals surface area contributed by atoms with Crippen LogP contribution in [0.5, 0.6) is 0 Å². The molecule has 0 radical (unpaired) electrons. The SMILES string of the molecule is CNC(C1CCOC2(CCSC2)C1)C1(OC)CCOCC1. The molecule has 1 N–H and O–H groups in total. The van der Waals surface area contributed by atoms with Gasteiger partial charge in [-0.05, 0) is 38.0 Å². The van der Waals surface area contributed by atoms with Crippen molar-refractivity contribution in [2.75, 3.05) is 45.5 Å². The maximum atomic E-state index is 6.19. The zero-order valence-electron chi connectivity index (χ0n) is 13.4. The van der Waals surface area contributed by atoms with E-state index in [-0.39, 0.29) is 11.2 Å². The molecule has 122 valence electrons. The smallest absolute Gasteiger partial charge is 0.0877 e. The van der Waals surface area contributed by atoms with Crippen molar-refractivity contribution in [3.05, 3.63) is 0 Å². The molecule has 1 spiro atoms. The second-order valence-electron chi connectivity index (χ2n) is 6.73. The molecule has 3 unspecified atom stereocenters. The molecule has 3 aliphatic rings. The minimum atomic E-state index is -0.0675. The molecule has 0 amide bonds. The highest BCUT2D eigenvalue weighted by Crippen LogP contribution is 2.44. The fourth-order valence-corrected chi connectivity index (χ4v) is 5.88. The molecule has 3 atom stereocenters. The number of likely N-dealkylation sites (N-methyl/N-ethyl adjacent to an activating group) is 1. The minimum absolute atomic E-state index is 0.0675. The molecule has 0 aliphatic carbocycles. The van der Waals surface area contributed by atoms with E-state index in [1.807, 2.05) is 18.9 Å². The molecule has 0 aromatic rings. The molecule has 3 rings (SSSR count). The van der Waals surface area contributed by atoms with Gasteiger partial charge in [0.25, 0.3) is 0 Å². The van der Waals surface area contributed by atoms with Crippen molar-refractivity contribution in [2.45, 2.75) is 49.3 Å². The Morgan fingerprint density at radius 3 is 2.67 bits per heavy atom. The van der Waals surface area contributed by atoms with Gasteiger partial charge in [-0.2, -0.15) is 11.8 Å². The number of hydrogen-bond donors (Lipinski definition) is 1. The first kappa shape index (κ1) is 16.1. The highest BCUT2D eigenvalue weighted by Gasteiger charge is 2.48. The molecule has 3 heterocycles. The molecular formula is C16H29NO3S. The third kappa shape index (κ3) is 3.13. The van der Waals surface area contributed by atoms with Crippen LogP contribution in [0.4, 0.5) is 0 Å².